The smallest absolute Gasteiger partial charge is 0.134 e. The third kappa shape index (κ3) is 2.75. The summed E-state index contributed by atoms with van der Waals surface area (Å²) >= 11 is 1.73. The molecule has 0 saturated carbocycles. The highest BCUT2D eigenvalue weighted by Gasteiger charge is 2.14. The molecule has 4 heteroatoms. The summed E-state index contributed by atoms with van der Waals surface area (Å²) in [5, 5.41) is 14.1. The Morgan fingerprint density at radius 2 is 1.86 bits per heavy atom. The van der Waals surface area contributed by atoms with E-state index in [1.807, 2.05) is 0 Å². The fraction of sp³-hybridized carbons (Fsp3) is 0.800. The number of nitrogens with zero attached hydrogens (tertiary/aromatic N) is 2. The molecule has 0 spiro atoms. The van der Waals surface area contributed by atoms with Crippen LogP contribution in [0.25, 0.3) is 0 Å². The van der Waals surface area contributed by atoms with E-state index in [-0.39, 0.29) is 0 Å². The van der Waals surface area contributed by atoms with Crippen LogP contribution in [-0.4, -0.2) is 16.7 Å². The molecule has 0 fully saturated rings. The molecule has 3 nitrogen and oxygen atoms in total. The summed E-state index contributed by atoms with van der Waals surface area (Å²) in [7, 11) is 0. The Bertz CT molecular complexity index is 270. The molecule has 1 aromatic heterocycles. The summed E-state index contributed by atoms with van der Waals surface area (Å²) in [6.07, 6.45) is 1.07. The van der Waals surface area contributed by atoms with Gasteiger partial charge in [0.25, 0.3) is 0 Å². The van der Waals surface area contributed by atoms with E-state index in [1.54, 1.807) is 11.3 Å². The van der Waals surface area contributed by atoms with Crippen LogP contribution in [0.5, 0.6) is 0 Å². The van der Waals surface area contributed by atoms with Crippen molar-refractivity contribution in [3.8, 4) is 0 Å². The largest absolute Gasteiger partial charge is 0.308 e. The van der Waals surface area contributed by atoms with E-state index in [1.165, 1.54) is 0 Å². The lowest BCUT2D eigenvalue weighted by molar-refractivity contribution is 0.530. The highest BCUT2D eigenvalue weighted by Crippen LogP contribution is 2.24. The first-order valence-corrected chi connectivity index (χ1v) is 6.07. The molecule has 0 saturated heterocycles. The van der Waals surface area contributed by atoms with Crippen LogP contribution >= 0.6 is 11.3 Å². The van der Waals surface area contributed by atoms with Crippen molar-refractivity contribution in [2.24, 2.45) is 0 Å². The van der Waals surface area contributed by atoms with Gasteiger partial charge in [0.15, 0.2) is 0 Å². The molecule has 14 heavy (non-hydrogen) atoms. The second-order valence-electron chi connectivity index (χ2n) is 3.65. The average molecular weight is 213 g/mol. The molecule has 0 radical (unpaired) electrons. The quantitative estimate of drug-likeness (QED) is 0.817. The van der Waals surface area contributed by atoms with Gasteiger partial charge in [-0.1, -0.05) is 39.0 Å². The van der Waals surface area contributed by atoms with Crippen LogP contribution in [0.3, 0.4) is 0 Å². The van der Waals surface area contributed by atoms with Gasteiger partial charge in [-0.25, -0.2) is 0 Å². The van der Waals surface area contributed by atoms with Crippen LogP contribution in [0.4, 0.5) is 0 Å². The maximum Gasteiger partial charge on any atom is 0.134 e. The van der Waals surface area contributed by atoms with Gasteiger partial charge in [0, 0.05) is 5.92 Å². The molecular formula is C10H19N3S. The molecule has 1 N–H and O–H groups in total. The fourth-order valence-electron chi connectivity index (χ4n) is 1.27. The van der Waals surface area contributed by atoms with Crippen molar-refractivity contribution in [2.75, 3.05) is 6.54 Å². The topological polar surface area (TPSA) is 37.8 Å². The predicted octanol–water partition coefficient (Wildman–Crippen LogP) is 2.72. The van der Waals surface area contributed by atoms with E-state index < -0.39 is 0 Å². The van der Waals surface area contributed by atoms with Gasteiger partial charge in [-0.3, -0.25) is 0 Å². The van der Waals surface area contributed by atoms with Crippen LogP contribution in [0.2, 0.25) is 0 Å². The lowest BCUT2D eigenvalue weighted by Crippen LogP contribution is -2.19. The van der Waals surface area contributed by atoms with Gasteiger partial charge in [-0.2, -0.15) is 0 Å². The minimum Gasteiger partial charge on any atom is -0.308 e. The summed E-state index contributed by atoms with van der Waals surface area (Å²) in [6.45, 7) is 9.57. The first-order valence-electron chi connectivity index (χ1n) is 5.25. The SMILES string of the molecule is CCNC(CC)c1nnc(C(C)C)s1. The fourth-order valence-corrected chi connectivity index (χ4v) is 2.28. The van der Waals surface area contributed by atoms with Crippen LogP contribution in [-0.2, 0) is 0 Å². The van der Waals surface area contributed by atoms with Crippen molar-refractivity contribution >= 4 is 11.3 Å². The molecule has 1 aromatic rings. The summed E-state index contributed by atoms with van der Waals surface area (Å²) in [5.74, 6) is 0.486. The highest BCUT2D eigenvalue weighted by molar-refractivity contribution is 7.11. The van der Waals surface area contributed by atoms with Gasteiger partial charge in [0.1, 0.15) is 10.0 Å². The Hall–Kier alpha value is -0.480. The second-order valence-corrected chi connectivity index (χ2v) is 4.69. The van der Waals surface area contributed by atoms with E-state index in [0.29, 0.717) is 12.0 Å². The third-order valence-electron chi connectivity index (χ3n) is 2.11. The van der Waals surface area contributed by atoms with Crippen molar-refractivity contribution in [1.29, 1.82) is 0 Å². The van der Waals surface area contributed by atoms with Crippen LogP contribution in [0.1, 0.15) is 56.1 Å². The first-order chi connectivity index (χ1) is 6.69. The van der Waals surface area contributed by atoms with Crippen LogP contribution < -0.4 is 5.32 Å². The van der Waals surface area contributed by atoms with E-state index >= 15 is 0 Å². The predicted molar refractivity (Wildman–Crippen MR) is 60.7 cm³/mol. The number of hydrogen-bond donors (Lipinski definition) is 1. The van der Waals surface area contributed by atoms with Crippen LogP contribution in [0.15, 0.2) is 0 Å². The normalized spacial score (nSPS) is 13.5. The minimum absolute atomic E-state index is 0.380. The Morgan fingerprint density at radius 1 is 1.21 bits per heavy atom. The molecule has 1 unspecified atom stereocenters. The Morgan fingerprint density at radius 3 is 2.29 bits per heavy atom. The van der Waals surface area contributed by atoms with Crippen molar-refractivity contribution in [1.82, 2.24) is 15.5 Å². The number of nitrogens with one attached hydrogen (secondary N) is 1. The Balaban J connectivity index is 2.73. The minimum atomic E-state index is 0.380. The van der Waals surface area contributed by atoms with Crippen molar-refractivity contribution in [3.63, 3.8) is 0 Å². The molecule has 1 atom stereocenters. The van der Waals surface area contributed by atoms with Gasteiger partial charge in [-0.15, -0.1) is 10.2 Å². The molecule has 0 aliphatic rings. The molecule has 0 bridgehead atoms. The Kier molecular flexibility index (Phi) is 4.48. The molecule has 1 rings (SSSR count). The first kappa shape index (κ1) is 11.6. The zero-order valence-electron chi connectivity index (χ0n) is 9.37. The summed E-state index contributed by atoms with van der Waals surface area (Å²) in [5.41, 5.74) is 0. The number of rotatable bonds is 5. The number of hydrogen-bond acceptors (Lipinski definition) is 4. The zero-order valence-corrected chi connectivity index (χ0v) is 10.2. The van der Waals surface area contributed by atoms with Gasteiger partial charge in [-0.05, 0) is 13.0 Å². The van der Waals surface area contributed by atoms with Gasteiger partial charge in [0.2, 0.25) is 0 Å². The summed E-state index contributed by atoms with van der Waals surface area (Å²) < 4.78 is 0. The van der Waals surface area contributed by atoms with Crippen molar-refractivity contribution in [2.45, 2.75) is 46.1 Å². The molecule has 0 aromatic carbocycles. The average Bonchev–Trinajstić information content (AvgIpc) is 2.63. The van der Waals surface area contributed by atoms with E-state index in [9.17, 15) is 0 Å². The standard InChI is InChI=1S/C10H19N3S/c1-5-8(11-6-2)10-13-12-9(14-10)7(3)4/h7-8,11H,5-6H2,1-4H3. The molecule has 0 aliphatic carbocycles. The van der Waals surface area contributed by atoms with Gasteiger partial charge in [0.05, 0.1) is 6.04 Å². The maximum atomic E-state index is 4.23. The van der Waals surface area contributed by atoms with Crippen LogP contribution in [0, 0.1) is 0 Å². The third-order valence-corrected chi connectivity index (χ3v) is 3.44. The number of aromatic nitrogens is 2. The summed E-state index contributed by atoms with van der Waals surface area (Å²) in [6, 6.07) is 0.380. The highest BCUT2D eigenvalue weighted by atomic mass is 32.1. The molecule has 0 amide bonds. The molecular weight excluding hydrogens is 194 g/mol. The Labute approximate surface area is 89.9 Å². The lowest BCUT2D eigenvalue weighted by atomic mass is 10.2. The van der Waals surface area contributed by atoms with E-state index in [4.69, 9.17) is 0 Å². The molecule has 0 aliphatic heterocycles. The molecule has 80 valence electrons. The lowest BCUT2D eigenvalue weighted by Gasteiger charge is -2.11. The van der Waals surface area contributed by atoms with Crippen molar-refractivity contribution < 1.29 is 0 Å². The zero-order chi connectivity index (χ0) is 10.6. The molecule has 1 heterocycles. The summed E-state index contributed by atoms with van der Waals surface area (Å²) in [4.78, 5) is 0. The van der Waals surface area contributed by atoms with E-state index in [0.717, 1.165) is 23.0 Å². The van der Waals surface area contributed by atoms with Gasteiger partial charge >= 0.3 is 0 Å². The van der Waals surface area contributed by atoms with E-state index in [2.05, 4.69) is 43.2 Å². The van der Waals surface area contributed by atoms with Crippen molar-refractivity contribution in [3.05, 3.63) is 10.0 Å². The maximum absolute atomic E-state index is 4.23. The second kappa shape index (κ2) is 5.41. The monoisotopic (exact) mass is 213 g/mol. The van der Waals surface area contributed by atoms with Gasteiger partial charge < -0.3 is 5.32 Å².